The van der Waals surface area contributed by atoms with Crippen LogP contribution in [0.5, 0.6) is 11.5 Å². The predicted octanol–water partition coefficient (Wildman–Crippen LogP) is 5.03. The molecule has 0 atom stereocenters. The molecule has 7 nitrogen and oxygen atoms in total. The molecule has 2 aromatic carbocycles. The topological polar surface area (TPSA) is 89.3 Å². The number of para-hydroxylation sites is 1. The van der Waals surface area contributed by atoms with Gasteiger partial charge in [-0.2, -0.15) is 0 Å². The van der Waals surface area contributed by atoms with Crippen molar-refractivity contribution in [3.05, 3.63) is 95.9 Å². The Balaban J connectivity index is 1.42. The number of nitrogens with one attached hydrogen (secondary N) is 2. The molecule has 150 valence electrons. The van der Waals surface area contributed by atoms with Crippen LogP contribution in [0.2, 0.25) is 0 Å². The van der Waals surface area contributed by atoms with Crippen LogP contribution in [-0.4, -0.2) is 16.0 Å². The number of benzene rings is 2. The fourth-order valence-electron chi connectivity index (χ4n) is 2.87. The van der Waals surface area contributed by atoms with Crippen molar-refractivity contribution in [1.29, 1.82) is 0 Å². The van der Waals surface area contributed by atoms with E-state index in [4.69, 9.17) is 9.26 Å². The lowest BCUT2D eigenvalue weighted by Gasteiger charge is -2.09. The second-order valence-electron chi connectivity index (χ2n) is 6.57. The molecular weight excluding hydrogens is 380 g/mol. The van der Waals surface area contributed by atoms with Crippen molar-refractivity contribution in [2.45, 2.75) is 13.5 Å². The molecule has 2 aromatic heterocycles. The van der Waals surface area contributed by atoms with Crippen molar-refractivity contribution in [2.24, 2.45) is 0 Å². The van der Waals surface area contributed by atoms with Crippen molar-refractivity contribution >= 4 is 17.5 Å². The molecule has 0 aliphatic carbocycles. The number of rotatable bonds is 7. The Bertz CT molecular complexity index is 1110. The van der Waals surface area contributed by atoms with Gasteiger partial charge >= 0.3 is 0 Å². The fraction of sp³-hybridized carbons (Fsp3) is 0.0870. The molecule has 0 aliphatic rings. The maximum atomic E-state index is 12.8. The highest BCUT2D eigenvalue weighted by atomic mass is 16.5. The van der Waals surface area contributed by atoms with E-state index in [1.165, 1.54) is 0 Å². The van der Waals surface area contributed by atoms with E-state index in [2.05, 4.69) is 20.8 Å². The van der Waals surface area contributed by atoms with E-state index >= 15 is 0 Å². The zero-order valence-corrected chi connectivity index (χ0v) is 16.3. The molecule has 0 fully saturated rings. The highest BCUT2D eigenvalue weighted by Crippen LogP contribution is 2.25. The SMILES string of the molecule is Cc1noc(NCc2ccncc2)c1C(=O)Nc1ccc(Oc2ccccc2)cc1. The van der Waals surface area contributed by atoms with Crippen LogP contribution in [0.3, 0.4) is 0 Å². The quantitative estimate of drug-likeness (QED) is 0.452. The van der Waals surface area contributed by atoms with E-state index in [1.807, 2.05) is 42.5 Å². The Morgan fingerprint density at radius 2 is 1.67 bits per heavy atom. The summed E-state index contributed by atoms with van der Waals surface area (Å²) in [6.45, 7) is 2.22. The van der Waals surface area contributed by atoms with Crippen molar-refractivity contribution in [3.63, 3.8) is 0 Å². The monoisotopic (exact) mass is 400 g/mol. The van der Waals surface area contributed by atoms with Crippen LogP contribution >= 0.6 is 0 Å². The van der Waals surface area contributed by atoms with Crippen molar-refractivity contribution in [1.82, 2.24) is 10.1 Å². The van der Waals surface area contributed by atoms with Gasteiger partial charge in [-0.1, -0.05) is 23.4 Å². The number of aryl methyl sites for hydroxylation is 1. The molecule has 2 N–H and O–H groups in total. The summed E-state index contributed by atoms with van der Waals surface area (Å²) in [6.07, 6.45) is 3.42. The molecule has 0 radical (unpaired) electrons. The van der Waals surface area contributed by atoms with Gasteiger partial charge in [-0.3, -0.25) is 9.78 Å². The van der Waals surface area contributed by atoms with Crippen molar-refractivity contribution < 1.29 is 14.1 Å². The first kappa shape index (κ1) is 19.2. The molecular formula is C23H20N4O3. The number of carbonyl (C=O) groups excluding carboxylic acids is 1. The lowest BCUT2D eigenvalue weighted by Crippen LogP contribution is -2.14. The first-order valence-corrected chi connectivity index (χ1v) is 9.42. The van der Waals surface area contributed by atoms with Gasteiger partial charge in [-0.15, -0.1) is 0 Å². The minimum absolute atomic E-state index is 0.303. The molecule has 0 unspecified atom stereocenters. The average molecular weight is 400 g/mol. The number of nitrogens with zero attached hydrogens (tertiary/aromatic N) is 2. The molecule has 1 amide bonds. The molecule has 0 spiro atoms. The number of carbonyl (C=O) groups is 1. The normalized spacial score (nSPS) is 10.4. The van der Waals surface area contributed by atoms with Gasteiger partial charge in [0.25, 0.3) is 5.91 Å². The molecule has 0 saturated carbocycles. The summed E-state index contributed by atoms with van der Waals surface area (Å²) in [5.41, 5.74) is 2.53. The van der Waals surface area contributed by atoms with Gasteiger partial charge < -0.3 is 19.9 Å². The zero-order chi connectivity index (χ0) is 20.8. The molecule has 4 rings (SSSR count). The Kier molecular flexibility index (Phi) is 5.70. The summed E-state index contributed by atoms with van der Waals surface area (Å²) in [7, 11) is 0. The predicted molar refractivity (Wildman–Crippen MR) is 114 cm³/mol. The number of amides is 1. The minimum Gasteiger partial charge on any atom is -0.457 e. The zero-order valence-electron chi connectivity index (χ0n) is 16.3. The lowest BCUT2D eigenvalue weighted by molar-refractivity contribution is 0.102. The summed E-state index contributed by atoms with van der Waals surface area (Å²) in [6, 6.07) is 20.4. The van der Waals surface area contributed by atoms with Crippen LogP contribution in [0.4, 0.5) is 11.6 Å². The average Bonchev–Trinajstić information content (AvgIpc) is 3.15. The first-order valence-electron chi connectivity index (χ1n) is 9.42. The minimum atomic E-state index is -0.303. The smallest absolute Gasteiger partial charge is 0.263 e. The van der Waals surface area contributed by atoms with Crippen molar-refractivity contribution in [3.8, 4) is 11.5 Å². The Labute approximate surface area is 173 Å². The molecule has 7 heteroatoms. The summed E-state index contributed by atoms with van der Waals surface area (Å²) >= 11 is 0. The number of hydrogen-bond acceptors (Lipinski definition) is 6. The number of anilines is 2. The summed E-state index contributed by atoms with van der Waals surface area (Å²) in [4.78, 5) is 16.8. The standard InChI is InChI=1S/C23H20N4O3/c1-16-21(23(30-27-16)25-15-17-11-13-24-14-12-17)22(28)26-18-7-9-20(10-8-18)29-19-5-3-2-4-6-19/h2-14,25H,15H2,1H3,(H,26,28). The van der Waals surface area contributed by atoms with E-state index in [9.17, 15) is 4.79 Å². The Hall–Kier alpha value is -4.13. The molecule has 0 aliphatic heterocycles. The van der Waals surface area contributed by atoms with Crippen molar-refractivity contribution in [2.75, 3.05) is 10.6 Å². The Morgan fingerprint density at radius 1 is 0.967 bits per heavy atom. The van der Waals surface area contributed by atoms with E-state index in [-0.39, 0.29) is 5.91 Å². The highest BCUT2D eigenvalue weighted by Gasteiger charge is 2.20. The van der Waals surface area contributed by atoms with Gasteiger partial charge in [0, 0.05) is 24.6 Å². The third kappa shape index (κ3) is 4.64. The van der Waals surface area contributed by atoms with Crippen LogP contribution < -0.4 is 15.4 Å². The van der Waals surface area contributed by atoms with E-state index < -0.39 is 0 Å². The van der Waals surface area contributed by atoms with E-state index in [0.717, 1.165) is 11.3 Å². The summed E-state index contributed by atoms with van der Waals surface area (Å²) < 4.78 is 11.1. The number of aromatic nitrogens is 2. The maximum absolute atomic E-state index is 12.8. The van der Waals surface area contributed by atoms with Gasteiger partial charge in [0.05, 0.1) is 5.69 Å². The van der Waals surface area contributed by atoms with Gasteiger partial charge in [-0.25, -0.2) is 0 Å². The molecule has 0 saturated heterocycles. The largest absolute Gasteiger partial charge is 0.457 e. The first-order chi connectivity index (χ1) is 14.7. The molecule has 30 heavy (non-hydrogen) atoms. The van der Waals surface area contributed by atoms with E-state index in [1.54, 1.807) is 43.6 Å². The molecule has 2 heterocycles. The summed E-state index contributed by atoms with van der Waals surface area (Å²) in [5, 5.41) is 9.91. The second kappa shape index (κ2) is 8.91. The second-order valence-corrected chi connectivity index (χ2v) is 6.57. The molecule has 4 aromatic rings. The number of pyridine rings is 1. The fourth-order valence-corrected chi connectivity index (χ4v) is 2.87. The van der Waals surface area contributed by atoms with Crippen LogP contribution in [0.25, 0.3) is 0 Å². The third-order valence-electron chi connectivity index (χ3n) is 4.38. The Morgan fingerprint density at radius 3 is 2.40 bits per heavy atom. The van der Waals surface area contributed by atoms with E-state index in [0.29, 0.717) is 35.1 Å². The maximum Gasteiger partial charge on any atom is 0.263 e. The third-order valence-corrected chi connectivity index (χ3v) is 4.38. The number of ether oxygens (including phenoxy) is 1. The van der Waals surface area contributed by atoms with Crippen LogP contribution in [0.1, 0.15) is 21.6 Å². The lowest BCUT2D eigenvalue weighted by atomic mass is 10.2. The van der Waals surface area contributed by atoms with Crippen LogP contribution in [0, 0.1) is 6.92 Å². The summed E-state index contributed by atoms with van der Waals surface area (Å²) in [5.74, 6) is 1.45. The van der Waals surface area contributed by atoms with Gasteiger partial charge in [-0.05, 0) is 61.0 Å². The van der Waals surface area contributed by atoms with Gasteiger partial charge in [0.1, 0.15) is 17.1 Å². The molecule has 0 bridgehead atoms. The van der Waals surface area contributed by atoms with Crippen LogP contribution in [0.15, 0.2) is 83.6 Å². The highest BCUT2D eigenvalue weighted by molar-refractivity contribution is 6.08. The van der Waals surface area contributed by atoms with Crippen LogP contribution in [-0.2, 0) is 6.54 Å². The number of hydrogen-bond donors (Lipinski definition) is 2. The van der Waals surface area contributed by atoms with Gasteiger partial charge in [0.2, 0.25) is 5.88 Å². The van der Waals surface area contributed by atoms with Gasteiger partial charge in [0.15, 0.2) is 0 Å².